The smallest absolute Gasteiger partial charge is 0.0631 e. The van der Waals surface area contributed by atoms with Crippen molar-refractivity contribution in [1.29, 1.82) is 0 Å². The van der Waals surface area contributed by atoms with Gasteiger partial charge in [0.25, 0.3) is 0 Å². The van der Waals surface area contributed by atoms with Crippen LogP contribution >= 0.6 is 0 Å². The predicted molar refractivity (Wildman–Crippen MR) is 238 cm³/mol. The van der Waals surface area contributed by atoms with E-state index in [4.69, 9.17) is 0 Å². The molecule has 280 valence electrons. The Hall–Kier alpha value is -5.84. The summed E-state index contributed by atoms with van der Waals surface area (Å²) in [4.78, 5) is 15.2. The molecule has 1 aliphatic rings. The van der Waals surface area contributed by atoms with Crippen LogP contribution in [0.4, 0.5) is 0 Å². The monoisotopic (exact) mass is 732 g/mol. The number of rotatable bonds is 0. The number of aromatic amines is 4. The van der Waals surface area contributed by atoms with Crippen molar-refractivity contribution in [2.75, 3.05) is 0 Å². The van der Waals surface area contributed by atoms with Gasteiger partial charge in [-0.3, -0.25) is 0 Å². The molecule has 0 amide bonds. The minimum Gasteiger partial charge on any atom is -0.352 e. The number of hydrogen-bond donors (Lipinski definition) is 4. The lowest BCUT2D eigenvalue weighted by molar-refractivity contribution is 0.590. The first-order valence-electron chi connectivity index (χ1n) is 19.9. The molecule has 0 saturated carbocycles. The fourth-order valence-corrected chi connectivity index (χ4v) is 7.95. The van der Waals surface area contributed by atoms with E-state index in [1.165, 1.54) is 22.3 Å². The maximum atomic E-state index is 3.81. The van der Waals surface area contributed by atoms with E-state index in [0.717, 1.165) is 88.6 Å². The number of H-pyrrole nitrogens is 4. The Labute approximate surface area is 330 Å². The van der Waals surface area contributed by atoms with Crippen LogP contribution < -0.4 is 0 Å². The van der Waals surface area contributed by atoms with Crippen LogP contribution in [0.5, 0.6) is 0 Å². The Morgan fingerprint density at radius 2 is 0.482 bits per heavy atom. The Kier molecular flexibility index (Phi) is 7.57. The molecule has 0 unspecified atom stereocenters. The van der Waals surface area contributed by atoms with E-state index in [2.05, 4.69) is 199 Å². The van der Waals surface area contributed by atoms with E-state index in [1.807, 2.05) is 0 Å². The highest BCUT2D eigenvalue weighted by Gasteiger charge is 2.23. The fourth-order valence-electron chi connectivity index (χ4n) is 7.95. The van der Waals surface area contributed by atoms with Gasteiger partial charge in [-0.05, 0) is 117 Å². The number of hydrogen-bond acceptors (Lipinski definition) is 0. The largest absolute Gasteiger partial charge is 0.352 e. The molecule has 4 aromatic heterocycles. The summed E-state index contributed by atoms with van der Waals surface area (Å²) in [6.45, 7) is 27.2. The Bertz CT molecular complexity index is 2640. The maximum Gasteiger partial charge on any atom is 0.0631 e. The lowest BCUT2D eigenvalue weighted by atomic mass is 9.85. The van der Waals surface area contributed by atoms with Gasteiger partial charge in [0.15, 0.2) is 0 Å². The van der Waals surface area contributed by atoms with Crippen molar-refractivity contribution in [3.63, 3.8) is 0 Å². The number of aromatic nitrogens is 4. The molecule has 0 spiro atoms. The quantitative estimate of drug-likeness (QED) is 0.112. The van der Waals surface area contributed by atoms with Crippen LogP contribution in [-0.2, 0) is 21.7 Å². The minimum atomic E-state index is -0.0490. The molecule has 9 rings (SSSR count). The molecule has 0 radical (unpaired) electrons. The van der Waals surface area contributed by atoms with Crippen LogP contribution in [0, 0.1) is 23.7 Å². The molecule has 56 heavy (non-hydrogen) atoms. The molecule has 0 fully saturated rings. The molecule has 4 nitrogen and oxygen atoms in total. The molecule has 8 bridgehead atoms. The van der Waals surface area contributed by atoms with Crippen molar-refractivity contribution < 1.29 is 0 Å². The van der Waals surface area contributed by atoms with Crippen molar-refractivity contribution >= 4 is 43.6 Å². The van der Waals surface area contributed by atoms with Crippen LogP contribution in [0.3, 0.4) is 0 Å². The summed E-state index contributed by atoms with van der Waals surface area (Å²) in [7, 11) is 0. The SMILES string of the molecule is CC(C)(C)c1cc2c3[nH]c(cc3c1)-c1cc3cc(C(C)(C)C)cc(c3[nH]1)C#Cc1cc(C(C)(C)C)cc3cc([nH]c13)-c1cc3cc(C(C)(C)C)cc(c3[nH]1)C#C2. The first-order chi connectivity index (χ1) is 26.2. The fraction of sp³-hybridized carbons (Fsp3) is 0.308. The third-order valence-corrected chi connectivity index (χ3v) is 11.6. The third kappa shape index (κ3) is 6.13. The highest BCUT2D eigenvalue weighted by atomic mass is 14.8. The normalized spacial score (nSPS) is 13.4. The van der Waals surface area contributed by atoms with Gasteiger partial charge in [-0.15, -0.1) is 0 Å². The van der Waals surface area contributed by atoms with Crippen molar-refractivity contribution in [2.24, 2.45) is 0 Å². The summed E-state index contributed by atoms with van der Waals surface area (Å²) in [5.41, 5.74) is 17.1. The Balaban J connectivity index is 1.40. The van der Waals surface area contributed by atoms with Crippen molar-refractivity contribution in [3.05, 3.63) is 117 Å². The van der Waals surface area contributed by atoms with Crippen LogP contribution in [-0.4, -0.2) is 19.9 Å². The molecule has 0 atom stereocenters. The van der Waals surface area contributed by atoms with Gasteiger partial charge in [-0.2, -0.15) is 0 Å². The van der Waals surface area contributed by atoms with Gasteiger partial charge in [0.2, 0.25) is 0 Å². The first kappa shape index (κ1) is 35.8. The van der Waals surface area contributed by atoms with Crippen LogP contribution in [0.25, 0.3) is 66.4 Å². The third-order valence-electron chi connectivity index (χ3n) is 11.6. The number of fused-ring (bicyclic) bond motifs is 6. The highest BCUT2D eigenvalue weighted by Crippen LogP contribution is 2.38. The minimum absolute atomic E-state index is 0.0490. The van der Waals surface area contributed by atoms with E-state index in [0.29, 0.717) is 0 Å². The van der Waals surface area contributed by atoms with Gasteiger partial charge in [0.1, 0.15) is 0 Å². The van der Waals surface area contributed by atoms with Crippen LogP contribution in [0.15, 0.2) is 72.8 Å². The van der Waals surface area contributed by atoms with Gasteiger partial charge in [0.05, 0.1) is 44.8 Å². The second-order valence-electron chi connectivity index (χ2n) is 20.2. The van der Waals surface area contributed by atoms with Crippen LogP contribution in [0.2, 0.25) is 0 Å². The summed E-state index contributed by atoms with van der Waals surface area (Å²) in [5, 5.41) is 4.60. The summed E-state index contributed by atoms with van der Waals surface area (Å²) in [6, 6.07) is 27.4. The maximum absolute atomic E-state index is 3.81. The molecule has 8 aromatic rings. The average molecular weight is 733 g/mol. The molecule has 5 heterocycles. The molecule has 4 heteroatoms. The zero-order valence-electron chi connectivity index (χ0n) is 34.9. The lowest BCUT2D eigenvalue weighted by Gasteiger charge is -2.20. The van der Waals surface area contributed by atoms with E-state index in [9.17, 15) is 0 Å². The zero-order chi connectivity index (χ0) is 39.7. The van der Waals surface area contributed by atoms with Gasteiger partial charge >= 0.3 is 0 Å². The Morgan fingerprint density at radius 3 is 0.661 bits per heavy atom. The van der Waals surface area contributed by atoms with Crippen molar-refractivity contribution in [1.82, 2.24) is 19.9 Å². The second kappa shape index (κ2) is 11.8. The molecule has 4 aromatic carbocycles. The van der Waals surface area contributed by atoms with Gasteiger partial charge < -0.3 is 19.9 Å². The van der Waals surface area contributed by atoms with Crippen molar-refractivity contribution in [3.8, 4) is 46.5 Å². The van der Waals surface area contributed by atoms with Gasteiger partial charge in [-0.1, -0.05) is 107 Å². The van der Waals surface area contributed by atoms with E-state index < -0.39 is 0 Å². The zero-order valence-corrected chi connectivity index (χ0v) is 34.9. The molecule has 4 N–H and O–H groups in total. The summed E-state index contributed by atoms with van der Waals surface area (Å²) >= 11 is 0. The standard InChI is InChI=1S/C52H52N4/c1-49(2,3)37-17-29-13-14-30-18-38(50(4,5)6)23-35-27-43(55-46(30)35)44-28-36-24-40(52(10,11)12)20-32(48(36)56-44)16-15-31-19-39(51(7,8)9)22-34-26-42(54-47(31)34)41-25-33(21-37)45(29)53-41/h17-28,53-56H,1-12H3. The van der Waals surface area contributed by atoms with Crippen LogP contribution in [0.1, 0.15) is 128 Å². The summed E-state index contributed by atoms with van der Waals surface area (Å²) in [5.74, 6) is 14.7. The van der Waals surface area contributed by atoms with Crippen molar-refractivity contribution in [2.45, 2.75) is 105 Å². The second-order valence-corrected chi connectivity index (χ2v) is 20.2. The topological polar surface area (TPSA) is 63.2 Å². The summed E-state index contributed by atoms with van der Waals surface area (Å²) < 4.78 is 0. The first-order valence-corrected chi connectivity index (χ1v) is 19.9. The Morgan fingerprint density at radius 1 is 0.286 bits per heavy atom. The summed E-state index contributed by atoms with van der Waals surface area (Å²) in [6.07, 6.45) is 0. The van der Waals surface area contributed by atoms with E-state index >= 15 is 0 Å². The number of nitrogens with one attached hydrogen (secondary N) is 4. The van der Waals surface area contributed by atoms with E-state index in [1.54, 1.807) is 0 Å². The molecule has 0 aliphatic carbocycles. The lowest BCUT2D eigenvalue weighted by Crippen LogP contribution is -2.11. The van der Waals surface area contributed by atoms with Gasteiger partial charge in [0, 0.05) is 43.8 Å². The molecule has 0 saturated heterocycles. The molecule has 1 aliphatic heterocycles. The molecular weight excluding hydrogens is 681 g/mol. The highest BCUT2D eigenvalue weighted by molar-refractivity contribution is 5.97. The van der Waals surface area contributed by atoms with E-state index in [-0.39, 0.29) is 21.7 Å². The predicted octanol–water partition coefficient (Wildman–Crippen LogP) is 13.2. The molecular formula is C52H52N4. The van der Waals surface area contributed by atoms with Gasteiger partial charge in [-0.25, -0.2) is 0 Å². The number of benzene rings is 4. The average Bonchev–Trinajstić information content (AvgIpc) is 3.90.